The Morgan fingerprint density at radius 3 is 2.32 bits per heavy atom. The molecule has 0 aliphatic rings. The fourth-order valence-electron chi connectivity index (χ4n) is 1.64. The molecular formula is C12H12ClN3O2S. The molecule has 0 fully saturated rings. The zero-order valence-corrected chi connectivity index (χ0v) is 12.0. The Morgan fingerprint density at radius 1 is 1.16 bits per heavy atom. The zero-order chi connectivity index (χ0) is 14.0. The molecule has 100 valence electrons. The number of aryl methyl sites for hydroxylation is 1. The van der Waals surface area contributed by atoms with Gasteiger partial charge in [-0.1, -0.05) is 18.2 Å². The number of nitrogens with zero attached hydrogens (tertiary/aromatic N) is 3. The molecule has 0 aliphatic heterocycles. The number of hydrogen-bond acceptors (Lipinski definition) is 4. The highest BCUT2D eigenvalue weighted by Gasteiger charge is 2.23. The largest absolute Gasteiger partial charge is 0.269 e. The molecule has 0 spiro atoms. The van der Waals surface area contributed by atoms with Crippen molar-refractivity contribution in [1.82, 2.24) is 9.97 Å². The molecule has 0 bridgehead atoms. The first-order valence-corrected chi connectivity index (χ1v) is 7.27. The third-order valence-electron chi connectivity index (χ3n) is 2.71. The van der Waals surface area contributed by atoms with Crippen molar-refractivity contribution in [2.24, 2.45) is 0 Å². The summed E-state index contributed by atoms with van der Waals surface area (Å²) < 4.78 is 26.0. The fraction of sp³-hybridized carbons (Fsp3) is 0.167. The molecule has 0 aliphatic carbocycles. The second-order valence-electron chi connectivity index (χ2n) is 3.95. The minimum atomic E-state index is -3.68. The van der Waals surface area contributed by atoms with E-state index in [9.17, 15) is 8.42 Å². The van der Waals surface area contributed by atoms with Gasteiger partial charge in [0.2, 0.25) is 5.28 Å². The van der Waals surface area contributed by atoms with Gasteiger partial charge >= 0.3 is 0 Å². The molecule has 19 heavy (non-hydrogen) atoms. The van der Waals surface area contributed by atoms with E-state index in [2.05, 4.69) is 9.97 Å². The van der Waals surface area contributed by atoms with Gasteiger partial charge in [0.25, 0.3) is 10.0 Å². The zero-order valence-electron chi connectivity index (χ0n) is 10.4. The van der Waals surface area contributed by atoms with Gasteiger partial charge < -0.3 is 0 Å². The Hall–Kier alpha value is -1.66. The quantitative estimate of drug-likeness (QED) is 0.815. The lowest BCUT2D eigenvalue weighted by atomic mass is 10.2. The number of sulfonamides is 1. The molecule has 0 unspecified atom stereocenters. The van der Waals surface area contributed by atoms with Crippen molar-refractivity contribution in [2.45, 2.75) is 11.8 Å². The summed E-state index contributed by atoms with van der Waals surface area (Å²) in [5, 5.41) is 0.0116. The van der Waals surface area contributed by atoms with Gasteiger partial charge in [0.1, 0.15) is 4.90 Å². The summed E-state index contributed by atoms with van der Waals surface area (Å²) in [6.45, 7) is 1.85. The van der Waals surface area contributed by atoms with Gasteiger partial charge in [-0.05, 0) is 30.2 Å². The smallest absolute Gasteiger partial charge is 0.267 e. The Kier molecular flexibility index (Phi) is 3.73. The molecule has 0 N–H and O–H groups in total. The standard InChI is InChI=1S/C12H12ClN3O2S/c1-9-5-3-4-6-11(9)16(2)19(17,18)10-7-14-12(13)15-8-10/h3-8H,1-2H3. The van der Waals surface area contributed by atoms with Crippen molar-refractivity contribution in [1.29, 1.82) is 0 Å². The molecule has 1 aromatic heterocycles. The Labute approximate surface area is 116 Å². The van der Waals surface area contributed by atoms with E-state index in [0.717, 1.165) is 5.56 Å². The molecule has 0 atom stereocenters. The predicted octanol–water partition coefficient (Wildman–Crippen LogP) is 2.26. The summed E-state index contributed by atoms with van der Waals surface area (Å²) >= 11 is 5.55. The van der Waals surface area contributed by atoms with Crippen LogP contribution in [0.15, 0.2) is 41.6 Å². The average Bonchev–Trinajstić information content (AvgIpc) is 2.39. The van der Waals surface area contributed by atoms with E-state index in [1.807, 2.05) is 19.1 Å². The maximum Gasteiger partial charge on any atom is 0.267 e. The minimum Gasteiger partial charge on any atom is -0.269 e. The third-order valence-corrected chi connectivity index (χ3v) is 4.63. The number of anilines is 1. The lowest BCUT2D eigenvalue weighted by Crippen LogP contribution is -2.27. The van der Waals surface area contributed by atoms with Crippen LogP contribution in [0.2, 0.25) is 5.28 Å². The first-order valence-electron chi connectivity index (χ1n) is 5.45. The van der Waals surface area contributed by atoms with Crippen LogP contribution in [-0.2, 0) is 10.0 Å². The van der Waals surface area contributed by atoms with Crippen LogP contribution in [0.4, 0.5) is 5.69 Å². The summed E-state index contributed by atoms with van der Waals surface area (Å²) in [4.78, 5) is 7.39. The summed E-state index contributed by atoms with van der Waals surface area (Å²) in [7, 11) is -2.19. The molecule has 0 radical (unpaired) electrons. The summed E-state index contributed by atoms with van der Waals surface area (Å²) in [5.74, 6) is 0. The monoisotopic (exact) mass is 297 g/mol. The van der Waals surface area contributed by atoms with E-state index in [1.165, 1.54) is 23.7 Å². The van der Waals surface area contributed by atoms with Gasteiger partial charge in [-0.25, -0.2) is 18.4 Å². The molecule has 0 amide bonds. The van der Waals surface area contributed by atoms with Crippen LogP contribution in [0.3, 0.4) is 0 Å². The van der Waals surface area contributed by atoms with E-state index in [0.29, 0.717) is 5.69 Å². The molecule has 2 rings (SSSR count). The van der Waals surface area contributed by atoms with Gasteiger partial charge in [-0.2, -0.15) is 0 Å². The van der Waals surface area contributed by atoms with E-state index < -0.39 is 10.0 Å². The lowest BCUT2D eigenvalue weighted by molar-refractivity contribution is 0.593. The Bertz CT molecular complexity index is 686. The molecule has 0 saturated carbocycles. The molecule has 7 heteroatoms. The average molecular weight is 298 g/mol. The number of hydrogen-bond donors (Lipinski definition) is 0. The molecule has 5 nitrogen and oxygen atoms in total. The summed E-state index contributed by atoms with van der Waals surface area (Å²) in [6, 6.07) is 7.22. The van der Waals surface area contributed by atoms with Crippen molar-refractivity contribution in [3.8, 4) is 0 Å². The van der Waals surface area contributed by atoms with Gasteiger partial charge in [0.15, 0.2) is 0 Å². The van der Waals surface area contributed by atoms with Crippen LogP contribution < -0.4 is 4.31 Å². The van der Waals surface area contributed by atoms with Gasteiger partial charge in [-0.3, -0.25) is 4.31 Å². The summed E-state index contributed by atoms with van der Waals surface area (Å²) in [6.07, 6.45) is 2.39. The van der Waals surface area contributed by atoms with Crippen molar-refractivity contribution in [2.75, 3.05) is 11.4 Å². The van der Waals surface area contributed by atoms with E-state index in [1.54, 1.807) is 12.1 Å². The highest BCUT2D eigenvalue weighted by Crippen LogP contribution is 2.24. The summed E-state index contributed by atoms with van der Waals surface area (Å²) in [5.41, 5.74) is 1.47. The molecule has 1 heterocycles. The predicted molar refractivity (Wildman–Crippen MR) is 73.8 cm³/mol. The first kappa shape index (κ1) is 13.8. The number of para-hydroxylation sites is 1. The van der Waals surface area contributed by atoms with Crippen LogP contribution in [0, 0.1) is 6.92 Å². The van der Waals surface area contributed by atoms with Crippen molar-refractivity contribution >= 4 is 27.3 Å². The van der Waals surface area contributed by atoms with Crippen LogP contribution in [-0.4, -0.2) is 25.4 Å². The van der Waals surface area contributed by atoms with Crippen LogP contribution >= 0.6 is 11.6 Å². The van der Waals surface area contributed by atoms with Crippen molar-refractivity contribution in [3.05, 3.63) is 47.5 Å². The minimum absolute atomic E-state index is 0.00246. The molecular weight excluding hydrogens is 286 g/mol. The maximum atomic E-state index is 12.4. The van der Waals surface area contributed by atoms with E-state index >= 15 is 0 Å². The second kappa shape index (κ2) is 5.14. The first-order chi connectivity index (χ1) is 8.93. The lowest BCUT2D eigenvalue weighted by Gasteiger charge is -2.20. The molecule has 2 aromatic rings. The SMILES string of the molecule is Cc1ccccc1N(C)S(=O)(=O)c1cnc(Cl)nc1. The van der Waals surface area contributed by atoms with Gasteiger partial charge in [0.05, 0.1) is 18.1 Å². The van der Waals surface area contributed by atoms with Crippen LogP contribution in [0.1, 0.15) is 5.56 Å². The topological polar surface area (TPSA) is 63.2 Å². The number of aromatic nitrogens is 2. The third kappa shape index (κ3) is 2.69. The van der Waals surface area contributed by atoms with Crippen molar-refractivity contribution in [3.63, 3.8) is 0 Å². The van der Waals surface area contributed by atoms with Crippen LogP contribution in [0.25, 0.3) is 0 Å². The normalized spacial score (nSPS) is 11.3. The highest BCUT2D eigenvalue weighted by molar-refractivity contribution is 7.92. The molecule has 0 saturated heterocycles. The highest BCUT2D eigenvalue weighted by atomic mass is 35.5. The number of halogens is 1. The number of benzene rings is 1. The van der Waals surface area contributed by atoms with E-state index in [4.69, 9.17) is 11.6 Å². The molecule has 1 aromatic carbocycles. The Balaban J connectivity index is 2.45. The van der Waals surface area contributed by atoms with Crippen LogP contribution in [0.5, 0.6) is 0 Å². The second-order valence-corrected chi connectivity index (χ2v) is 6.25. The van der Waals surface area contributed by atoms with Gasteiger partial charge in [-0.15, -0.1) is 0 Å². The number of rotatable bonds is 3. The van der Waals surface area contributed by atoms with E-state index in [-0.39, 0.29) is 10.2 Å². The van der Waals surface area contributed by atoms with Gasteiger partial charge in [0, 0.05) is 7.05 Å². The fourth-order valence-corrected chi connectivity index (χ4v) is 2.89. The van der Waals surface area contributed by atoms with Crippen molar-refractivity contribution < 1.29 is 8.42 Å². The Morgan fingerprint density at radius 2 is 1.74 bits per heavy atom. The maximum absolute atomic E-state index is 12.4.